The number of nitrogens with zero attached hydrogens (tertiary/aromatic N) is 2. The molecule has 0 fully saturated rings. The third-order valence-corrected chi connectivity index (χ3v) is 4.03. The molecular formula is C16H28IN5O3S. The first-order chi connectivity index (χ1) is 11.7. The number of sulfonamides is 1. The zero-order valence-corrected chi connectivity index (χ0v) is 18.7. The molecule has 3 N–H and O–H groups in total. The molecule has 0 atom stereocenters. The summed E-state index contributed by atoms with van der Waals surface area (Å²) in [5.74, 6) is 0.604. The predicted molar refractivity (Wildman–Crippen MR) is 116 cm³/mol. The molecule has 1 aromatic carbocycles. The van der Waals surface area contributed by atoms with E-state index in [1.54, 1.807) is 33.3 Å². The van der Waals surface area contributed by atoms with Crippen LogP contribution in [0.15, 0.2) is 29.3 Å². The summed E-state index contributed by atoms with van der Waals surface area (Å²) in [6.45, 7) is 1.54. The van der Waals surface area contributed by atoms with Gasteiger partial charge in [-0.05, 0) is 24.1 Å². The summed E-state index contributed by atoms with van der Waals surface area (Å²) in [7, 11) is 1.97. The highest BCUT2D eigenvalue weighted by molar-refractivity contribution is 14.0. The highest BCUT2D eigenvalue weighted by Crippen LogP contribution is 2.06. The van der Waals surface area contributed by atoms with Gasteiger partial charge in [0, 0.05) is 46.3 Å². The van der Waals surface area contributed by atoms with E-state index in [1.165, 1.54) is 4.90 Å². The maximum absolute atomic E-state index is 11.8. The van der Waals surface area contributed by atoms with E-state index >= 15 is 0 Å². The second-order valence-electron chi connectivity index (χ2n) is 5.77. The van der Waals surface area contributed by atoms with E-state index in [9.17, 15) is 13.2 Å². The first-order valence-corrected chi connectivity index (χ1v) is 9.82. The van der Waals surface area contributed by atoms with Crippen molar-refractivity contribution in [3.05, 3.63) is 35.4 Å². The van der Waals surface area contributed by atoms with E-state index in [-0.39, 0.29) is 29.9 Å². The van der Waals surface area contributed by atoms with Gasteiger partial charge in [-0.3, -0.25) is 9.79 Å². The lowest BCUT2D eigenvalue weighted by Gasteiger charge is -2.13. The zero-order chi connectivity index (χ0) is 18.9. The zero-order valence-electron chi connectivity index (χ0n) is 15.6. The van der Waals surface area contributed by atoms with Crippen molar-refractivity contribution in [1.82, 2.24) is 20.3 Å². The second kappa shape index (κ2) is 12.1. The Morgan fingerprint density at radius 1 is 1.12 bits per heavy atom. The number of rotatable bonds is 8. The van der Waals surface area contributed by atoms with Gasteiger partial charge in [0.05, 0.1) is 6.26 Å². The van der Waals surface area contributed by atoms with E-state index in [2.05, 4.69) is 20.3 Å². The molecule has 0 radical (unpaired) electrons. The van der Waals surface area contributed by atoms with Crippen LogP contribution in [0.1, 0.15) is 22.3 Å². The topological polar surface area (TPSA) is 103 Å². The third kappa shape index (κ3) is 9.92. The van der Waals surface area contributed by atoms with Crippen LogP contribution in [0, 0.1) is 0 Å². The number of carbonyl (C=O) groups is 1. The summed E-state index contributed by atoms with van der Waals surface area (Å²) in [6.07, 6.45) is 1.79. The molecule has 1 aromatic rings. The Bertz CT molecular complexity index is 690. The highest BCUT2D eigenvalue weighted by atomic mass is 127. The Balaban J connectivity index is 0.00000625. The van der Waals surface area contributed by atoms with Crippen LogP contribution in [0.5, 0.6) is 0 Å². The van der Waals surface area contributed by atoms with Crippen LogP contribution in [0.3, 0.4) is 0 Å². The van der Waals surface area contributed by atoms with Gasteiger partial charge >= 0.3 is 0 Å². The molecule has 0 saturated heterocycles. The minimum Gasteiger partial charge on any atom is -0.356 e. The van der Waals surface area contributed by atoms with Crippen LogP contribution in [0.25, 0.3) is 0 Å². The first-order valence-electron chi connectivity index (χ1n) is 7.92. The summed E-state index contributed by atoms with van der Waals surface area (Å²) in [4.78, 5) is 17.5. The van der Waals surface area contributed by atoms with Crippen LogP contribution in [0.2, 0.25) is 0 Å². The largest absolute Gasteiger partial charge is 0.356 e. The highest BCUT2D eigenvalue weighted by Gasteiger charge is 2.07. The average Bonchev–Trinajstić information content (AvgIpc) is 2.56. The van der Waals surface area contributed by atoms with Crippen molar-refractivity contribution in [2.24, 2.45) is 4.99 Å². The number of carbonyl (C=O) groups excluding carboxylic acids is 1. The van der Waals surface area contributed by atoms with Crippen molar-refractivity contribution < 1.29 is 13.2 Å². The molecule has 0 aliphatic rings. The maximum Gasteiger partial charge on any atom is 0.253 e. The molecule has 0 saturated carbocycles. The lowest BCUT2D eigenvalue weighted by atomic mass is 10.1. The minimum absolute atomic E-state index is 0. The van der Waals surface area contributed by atoms with Gasteiger partial charge in [0.15, 0.2) is 5.96 Å². The van der Waals surface area contributed by atoms with Crippen molar-refractivity contribution in [3.8, 4) is 0 Å². The number of hydrogen-bond acceptors (Lipinski definition) is 4. The Hall–Kier alpha value is -1.40. The summed E-state index contributed by atoms with van der Waals surface area (Å²) < 4.78 is 24.3. The molecular weight excluding hydrogens is 469 g/mol. The van der Waals surface area contributed by atoms with Crippen molar-refractivity contribution in [1.29, 1.82) is 0 Å². The van der Waals surface area contributed by atoms with Crippen LogP contribution >= 0.6 is 24.0 Å². The number of guanidine groups is 1. The Labute approximate surface area is 172 Å². The molecule has 1 amide bonds. The Morgan fingerprint density at radius 2 is 1.73 bits per heavy atom. The molecule has 0 bridgehead atoms. The van der Waals surface area contributed by atoms with Crippen molar-refractivity contribution in [2.75, 3.05) is 40.5 Å². The van der Waals surface area contributed by atoms with E-state index < -0.39 is 10.0 Å². The minimum atomic E-state index is -3.14. The van der Waals surface area contributed by atoms with Gasteiger partial charge in [0.25, 0.3) is 5.91 Å². The molecule has 8 nitrogen and oxygen atoms in total. The summed E-state index contributed by atoms with van der Waals surface area (Å²) in [5, 5.41) is 6.28. The molecule has 0 heterocycles. The van der Waals surface area contributed by atoms with Crippen LogP contribution < -0.4 is 15.4 Å². The molecule has 0 unspecified atom stereocenters. The lowest BCUT2D eigenvalue weighted by Crippen LogP contribution is -2.38. The Kier molecular flexibility index (Phi) is 11.4. The molecule has 148 valence electrons. The third-order valence-electron chi connectivity index (χ3n) is 3.30. The van der Waals surface area contributed by atoms with Crippen molar-refractivity contribution in [2.45, 2.75) is 13.0 Å². The van der Waals surface area contributed by atoms with Crippen molar-refractivity contribution >= 4 is 45.9 Å². The number of aliphatic imine (C=N–C) groups is 1. The fourth-order valence-electron chi connectivity index (χ4n) is 1.98. The number of hydrogen-bond donors (Lipinski definition) is 3. The molecule has 10 heteroatoms. The SMILES string of the molecule is CN=C(NCCCNS(C)(=O)=O)NCc1ccc(C(=O)N(C)C)cc1.I. The monoisotopic (exact) mass is 497 g/mol. The average molecular weight is 497 g/mol. The van der Waals surface area contributed by atoms with Gasteiger partial charge < -0.3 is 15.5 Å². The van der Waals surface area contributed by atoms with Gasteiger partial charge in [-0.1, -0.05) is 12.1 Å². The van der Waals surface area contributed by atoms with Crippen LogP contribution in [0.4, 0.5) is 0 Å². The smallest absolute Gasteiger partial charge is 0.253 e. The van der Waals surface area contributed by atoms with Gasteiger partial charge in [-0.2, -0.15) is 0 Å². The first kappa shape index (κ1) is 24.6. The van der Waals surface area contributed by atoms with Crippen LogP contribution in [-0.2, 0) is 16.6 Å². The summed E-state index contributed by atoms with van der Waals surface area (Å²) in [6, 6.07) is 7.39. The number of nitrogens with one attached hydrogen (secondary N) is 3. The van der Waals surface area contributed by atoms with Gasteiger partial charge in [-0.15, -0.1) is 24.0 Å². The number of halogens is 1. The van der Waals surface area contributed by atoms with Gasteiger partial charge in [-0.25, -0.2) is 13.1 Å². The van der Waals surface area contributed by atoms with E-state index in [4.69, 9.17) is 0 Å². The fraction of sp³-hybridized carbons (Fsp3) is 0.500. The summed E-state index contributed by atoms with van der Waals surface area (Å²) in [5.41, 5.74) is 1.67. The van der Waals surface area contributed by atoms with E-state index in [0.29, 0.717) is 37.6 Å². The lowest BCUT2D eigenvalue weighted by molar-refractivity contribution is 0.0827. The standard InChI is InChI=1S/C16H27N5O3S.HI/c1-17-16(18-10-5-11-20-25(4,23)24)19-12-13-6-8-14(9-7-13)15(22)21(2)3;/h6-9,20H,5,10-12H2,1-4H3,(H2,17,18,19);1H. The predicted octanol–water partition coefficient (Wildman–Crippen LogP) is 0.611. The molecule has 0 spiro atoms. The maximum atomic E-state index is 11.8. The van der Waals surface area contributed by atoms with Gasteiger partial charge in [0.1, 0.15) is 0 Å². The fourth-order valence-corrected chi connectivity index (χ4v) is 2.50. The van der Waals surface area contributed by atoms with E-state index in [0.717, 1.165) is 11.8 Å². The van der Waals surface area contributed by atoms with E-state index in [1.807, 2.05) is 12.1 Å². The molecule has 0 aliphatic heterocycles. The number of amides is 1. The van der Waals surface area contributed by atoms with Crippen LogP contribution in [-0.4, -0.2) is 65.7 Å². The second-order valence-corrected chi connectivity index (χ2v) is 7.60. The summed E-state index contributed by atoms with van der Waals surface area (Å²) >= 11 is 0. The molecule has 0 aromatic heterocycles. The molecule has 0 aliphatic carbocycles. The normalized spacial score (nSPS) is 11.5. The quantitative estimate of drug-likeness (QED) is 0.212. The molecule has 1 rings (SSSR count). The van der Waals surface area contributed by atoms with Crippen molar-refractivity contribution in [3.63, 3.8) is 0 Å². The Morgan fingerprint density at radius 3 is 2.23 bits per heavy atom. The number of benzene rings is 1. The van der Waals surface area contributed by atoms with Gasteiger partial charge in [0.2, 0.25) is 10.0 Å². The molecule has 26 heavy (non-hydrogen) atoms.